The number of amides is 1. The number of nitrogens with one attached hydrogen (secondary N) is 1. The fraction of sp³-hybridized carbons (Fsp3) is 0.0952. The molecule has 0 fully saturated rings. The van der Waals surface area contributed by atoms with Crippen LogP contribution in [0.1, 0.15) is 16.8 Å². The van der Waals surface area contributed by atoms with Crippen molar-refractivity contribution in [3.8, 4) is 0 Å². The van der Waals surface area contributed by atoms with Crippen molar-refractivity contribution in [1.29, 1.82) is 0 Å². The number of carbonyl (C=O) groups is 1. The normalized spacial score (nSPS) is 11.3. The van der Waals surface area contributed by atoms with Crippen molar-refractivity contribution in [2.75, 3.05) is 0 Å². The first kappa shape index (κ1) is 18.0. The van der Waals surface area contributed by atoms with E-state index in [1.165, 1.54) is 11.6 Å². The Morgan fingerprint density at radius 2 is 1.93 bits per heavy atom. The van der Waals surface area contributed by atoms with E-state index in [4.69, 9.17) is 11.6 Å². The van der Waals surface area contributed by atoms with Gasteiger partial charge in [0.05, 0.1) is 12.0 Å². The minimum atomic E-state index is -0.190. The van der Waals surface area contributed by atoms with Gasteiger partial charge in [0.25, 0.3) is 0 Å². The van der Waals surface area contributed by atoms with Gasteiger partial charge >= 0.3 is 0 Å². The number of aromatic nitrogens is 4. The van der Waals surface area contributed by atoms with Crippen LogP contribution in [0, 0.1) is 0 Å². The molecular weight excluding hydrogens is 374 g/mol. The molecule has 1 aromatic carbocycles. The van der Waals surface area contributed by atoms with Gasteiger partial charge in [0, 0.05) is 37.8 Å². The fourth-order valence-corrected chi connectivity index (χ4v) is 3.13. The van der Waals surface area contributed by atoms with Crippen LogP contribution in [-0.2, 0) is 17.9 Å². The average molecular weight is 392 g/mol. The van der Waals surface area contributed by atoms with E-state index in [1.54, 1.807) is 18.6 Å². The maximum atomic E-state index is 12.2. The summed E-state index contributed by atoms with van der Waals surface area (Å²) in [5.74, 6) is -0.190. The third-order valence-corrected chi connectivity index (χ3v) is 4.61. The molecule has 4 aromatic rings. The first-order valence-corrected chi connectivity index (χ1v) is 9.19. The summed E-state index contributed by atoms with van der Waals surface area (Å²) in [6.07, 6.45) is 10.5. The van der Waals surface area contributed by atoms with Crippen LogP contribution in [0.5, 0.6) is 0 Å². The first-order valence-electron chi connectivity index (χ1n) is 8.81. The predicted octanol–water partition coefficient (Wildman–Crippen LogP) is 3.56. The number of rotatable bonds is 6. The number of fused-ring (bicyclic) bond motifs is 1. The lowest BCUT2D eigenvalue weighted by Crippen LogP contribution is -2.20. The van der Waals surface area contributed by atoms with Crippen LogP contribution in [0.2, 0.25) is 5.15 Å². The Bertz CT molecular complexity index is 1110. The second kappa shape index (κ2) is 8.10. The summed E-state index contributed by atoms with van der Waals surface area (Å²) in [6.45, 7) is 1.23. The van der Waals surface area contributed by atoms with E-state index in [2.05, 4.69) is 27.4 Å². The van der Waals surface area contributed by atoms with E-state index < -0.39 is 0 Å². The largest absolute Gasteiger partial charge is 0.348 e. The molecule has 140 valence electrons. The van der Waals surface area contributed by atoms with Crippen LogP contribution in [0.3, 0.4) is 0 Å². The Balaban J connectivity index is 1.35. The van der Waals surface area contributed by atoms with Gasteiger partial charge in [-0.15, -0.1) is 0 Å². The lowest BCUT2D eigenvalue weighted by atomic mass is 10.1. The second-order valence-electron chi connectivity index (χ2n) is 6.32. The summed E-state index contributed by atoms with van der Waals surface area (Å²) in [7, 11) is 0. The summed E-state index contributed by atoms with van der Waals surface area (Å²) < 4.78 is 3.85. The molecule has 0 saturated carbocycles. The van der Waals surface area contributed by atoms with Gasteiger partial charge < -0.3 is 9.88 Å². The van der Waals surface area contributed by atoms with Crippen LogP contribution in [0.15, 0.2) is 73.5 Å². The Hall–Kier alpha value is -3.38. The SMILES string of the molecule is O=C(/C=C/c1c(Cl)nc2ccccn12)NCc1ccc(Cn2ccnc2)cc1. The first-order chi connectivity index (χ1) is 13.7. The summed E-state index contributed by atoms with van der Waals surface area (Å²) in [5.41, 5.74) is 3.62. The van der Waals surface area contributed by atoms with Crippen LogP contribution in [0.25, 0.3) is 11.7 Å². The van der Waals surface area contributed by atoms with E-state index in [1.807, 2.05) is 51.7 Å². The van der Waals surface area contributed by atoms with E-state index >= 15 is 0 Å². The van der Waals surface area contributed by atoms with Crippen LogP contribution >= 0.6 is 11.6 Å². The van der Waals surface area contributed by atoms with Crippen molar-refractivity contribution in [1.82, 2.24) is 24.3 Å². The molecule has 0 saturated heterocycles. The smallest absolute Gasteiger partial charge is 0.244 e. The molecule has 6 nitrogen and oxygen atoms in total. The molecule has 0 bridgehead atoms. The lowest BCUT2D eigenvalue weighted by molar-refractivity contribution is -0.116. The number of halogens is 1. The highest BCUT2D eigenvalue weighted by atomic mass is 35.5. The van der Waals surface area contributed by atoms with Gasteiger partial charge in [-0.3, -0.25) is 9.20 Å². The van der Waals surface area contributed by atoms with Crippen molar-refractivity contribution >= 4 is 29.2 Å². The molecule has 3 aromatic heterocycles. The van der Waals surface area contributed by atoms with Gasteiger partial charge in [0.1, 0.15) is 5.65 Å². The van der Waals surface area contributed by atoms with E-state index in [0.717, 1.165) is 17.8 Å². The molecule has 3 heterocycles. The number of pyridine rings is 1. The van der Waals surface area contributed by atoms with Gasteiger partial charge in [-0.2, -0.15) is 0 Å². The fourth-order valence-electron chi connectivity index (χ4n) is 2.89. The minimum Gasteiger partial charge on any atom is -0.348 e. The molecule has 4 rings (SSSR count). The average Bonchev–Trinajstić information content (AvgIpc) is 3.33. The molecule has 28 heavy (non-hydrogen) atoms. The van der Waals surface area contributed by atoms with Crippen molar-refractivity contribution < 1.29 is 4.79 Å². The number of carbonyl (C=O) groups excluding carboxylic acids is 1. The summed E-state index contributed by atoms with van der Waals surface area (Å²) in [4.78, 5) is 20.5. The molecule has 0 unspecified atom stereocenters. The molecule has 0 atom stereocenters. The van der Waals surface area contributed by atoms with Crippen LogP contribution < -0.4 is 5.32 Å². The third kappa shape index (κ3) is 4.13. The molecule has 1 N–H and O–H groups in total. The minimum absolute atomic E-state index is 0.190. The number of hydrogen-bond acceptors (Lipinski definition) is 3. The molecular formula is C21H18ClN5O. The number of benzene rings is 1. The van der Waals surface area contributed by atoms with E-state index in [-0.39, 0.29) is 5.91 Å². The van der Waals surface area contributed by atoms with E-state index in [9.17, 15) is 4.79 Å². The van der Waals surface area contributed by atoms with Crippen LogP contribution in [-0.4, -0.2) is 24.8 Å². The second-order valence-corrected chi connectivity index (χ2v) is 6.68. The standard InChI is InChI=1S/C21H18ClN5O/c22-21-18(27-11-2-1-3-19(27)25-21)8-9-20(28)24-13-16-4-6-17(7-5-16)14-26-12-10-23-15-26/h1-12,15H,13-14H2,(H,24,28)/b9-8+. The van der Waals surface area contributed by atoms with Gasteiger partial charge in [-0.25, -0.2) is 9.97 Å². The topological polar surface area (TPSA) is 64.2 Å². The highest BCUT2D eigenvalue weighted by Gasteiger charge is 2.07. The lowest BCUT2D eigenvalue weighted by Gasteiger charge is -2.06. The van der Waals surface area contributed by atoms with E-state index in [0.29, 0.717) is 17.4 Å². The quantitative estimate of drug-likeness (QED) is 0.511. The summed E-state index contributed by atoms with van der Waals surface area (Å²) in [5, 5.41) is 3.24. The monoisotopic (exact) mass is 391 g/mol. The zero-order chi connectivity index (χ0) is 19.3. The molecule has 0 aliphatic carbocycles. The molecule has 0 spiro atoms. The highest BCUT2D eigenvalue weighted by molar-refractivity contribution is 6.31. The summed E-state index contributed by atoms with van der Waals surface area (Å²) >= 11 is 6.17. The molecule has 1 amide bonds. The van der Waals surface area contributed by atoms with Gasteiger partial charge in [-0.1, -0.05) is 41.9 Å². The van der Waals surface area contributed by atoms with Crippen LogP contribution in [0.4, 0.5) is 0 Å². The number of imidazole rings is 2. The molecule has 0 radical (unpaired) electrons. The summed E-state index contributed by atoms with van der Waals surface area (Å²) in [6, 6.07) is 13.8. The zero-order valence-electron chi connectivity index (χ0n) is 15.0. The Morgan fingerprint density at radius 1 is 1.11 bits per heavy atom. The van der Waals surface area contributed by atoms with Crippen molar-refractivity contribution in [3.05, 3.63) is 95.4 Å². The highest BCUT2D eigenvalue weighted by Crippen LogP contribution is 2.18. The Labute approximate surface area is 167 Å². The maximum Gasteiger partial charge on any atom is 0.244 e. The van der Waals surface area contributed by atoms with Crippen molar-refractivity contribution in [2.24, 2.45) is 0 Å². The Morgan fingerprint density at radius 3 is 2.71 bits per heavy atom. The predicted molar refractivity (Wildman–Crippen MR) is 109 cm³/mol. The van der Waals surface area contributed by atoms with Gasteiger partial charge in [0.2, 0.25) is 5.91 Å². The molecule has 0 aliphatic heterocycles. The van der Waals surface area contributed by atoms with Crippen molar-refractivity contribution in [3.63, 3.8) is 0 Å². The molecule has 7 heteroatoms. The third-order valence-electron chi connectivity index (χ3n) is 4.33. The zero-order valence-corrected chi connectivity index (χ0v) is 15.8. The van der Waals surface area contributed by atoms with Gasteiger partial charge in [0.15, 0.2) is 5.15 Å². The number of hydrogen-bond donors (Lipinski definition) is 1. The number of nitrogens with zero attached hydrogens (tertiary/aromatic N) is 4. The van der Waals surface area contributed by atoms with Crippen molar-refractivity contribution in [2.45, 2.75) is 13.1 Å². The Kier molecular flexibility index (Phi) is 5.21. The maximum absolute atomic E-state index is 12.2. The molecule has 0 aliphatic rings. The van der Waals surface area contributed by atoms with Gasteiger partial charge in [-0.05, 0) is 29.3 Å².